The van der Waals surface area contributed by atoms with Crippen LogP contribution < -0.4 is 5.46 Å². The van der Waals surface area contributed by atoms with Crippen LogP contribution in [0.2, 0.25) is 0 Å². The lowest BCUT2D eigenvalue weighted by atomic mass is 9.81. The fourth-order valence-corrected chi connectivity index (χ4v) is 0.842. The highest BCUT2D eigenvalue weighted by Gasteiger charge is 2.10. The minimum atomic E-state index is -1.41. The number of hydrogen-bond donors (Lipinski definition) is 2. The van der Waals surface area contributed by atoms with Crippen molar-refractivity contribution >= 4 is 25.0 Å². The van der Waals surface area contributed by atoms with E-state index in [0.29, 0.717) is 5.46 Å². The first-order chi connectivity index (χ1) is 5.24. The maximum Gasteiger partial charge on any atom is 0.490 e. The second-order valence-electron chi connectivity index (χ2n) is 2.35. The first-order valence-electron chi connectivity index (χ1n) is 3.54. The van der Waals surface area contributed by atoms with E-state index in [4.69, 9.17) is 10.0 Å². The van der Waals surface area contributed by atoms with Gasteiger partial charge in [0.15, 0.2) is 0 Å². The lowest BCUT2D eigenvalue weighted by molar-refractivity contribution is 0.425. The van der Waals surface area contributed by atoms with E-state index in [1.807, 2.05) is 6.92 Å². The van der Waals surface area contributed by atoms with Gasteiger partial charge in [0.05, 0.1) is 0 Å². The zero-order valence-electron chi connectivity index (χ0n) is 6.77. The summed E-state index contributed by atoms with van der Waals surface area (Å²) in [7, 11) is -1.41. The molecule has 0 saturated carbocycles. The van der Waals surface area contributed by atoms with Crippen LogP contribution in [0.1, 0.15) is 12.5 Å². The molecule has 0 aliphatic carbocycles. The summed E-state index contributed by atoms with van der Waals surface area (Å²) < 4.78 is 0. The Morgan fingerprint density at radius 3 is 2.58 bits per heavy atom. The minimum Gasteiger partial charge on any atom is -0.423 e. The second kappa shape index (κ2) is 5.14. The molecule has 12 heavy (non-hydrogen) atoms. The molecular formula is C7H11BClNO2. The first-order valence-corrected chi connectivity index (χ1v) is 3.54. The highest BCUT2D eigenvalue weighted by Crippen LogP contribution is 1.93. The van der Waals surface area contributed by atoms with Gasteiger partial charge in [-0.15, -0.1) is 12.4 Å². The molecule has 0 aromatic carbocycles. The summed E-state index contributed by atoms with van der Waals surface area (Å²) >= 11 is 0. The third-order valence-corrected chi connectivity index (χ3v) is 1.52. The van der Waals surface area contributed by atoms with Gasteiger partial charge in [0.2, 0.25) is 0 Å². The van der Waals surface area contributed by atoms with E-state index < -0.39 is 7.12 Å². The number of hydrogen-bond acceptors (Lipinski definition) is 3. The number of nitrogens with zero attached hydrogens (tertiary/aromatic N) is 1. The zero-order chi connectivity index (χ0) is 8.27. The monoisotopic (exact) mass is 187 g/mol. The van der Waals surface area contributed by atoms with Gasteiger partial charge in [0, 0.05) is 17.9 Å². The summed E-state index contributed by atoms with van der Waals surface area (Å²) in [6, 6.07) is 1.73. The summed E-state index contributed by atoms with van der Waals surface area (Å²) in [4.78, 5) is 3.86. The van der Waals surface area contributed by atoms with Crippen molar-refractivity contribution in [1.82, 2.24) is 4.98 Å². The predicted octanol–water partition coefficient (Wildman–Crippen LogP) is -0.254. The van der Waals surface area contributed by atoms with Gasteiger partial charge in [-0.05, 0) is 12.0 Å². The van der Waals surface area contributed by atoms with Gasteiger partial charge in [0.1, 0.15) is 0 Å². The van der Waals surface area contributed by atoms with Gasteiger partial charge < -0.3 is 10.0 Å². The molecule has 0 fully saturated rings. The molecule has 1 aromatic heterocycles. The normalized spacial score (nSPS) is 8.92. The van der Waals surface area contributed by atoms with Crippen molar-refractivity contribution in [2.75, 3.05) is 0 Å². The molecule has 5 heteroatoms. The third kappa shape index (κ3) is 2.81. The summed E-state index contributed by atoms with van der Waals surface area (Å²) in [6.45, 7) is 1.99. The molecule has 1 aromatic rings. The Hall–Kier alpha value is -0.575. The summed E-state index contributed by atoms with van der Waals surface area (Å²) in [5, 5.41) is 17.5. The molecule has 1 rings (SSSR count). The Balaban J connectivity index is 0.00000121. The van der Waals surface area contributed by atoms with Crippen LogP contribution in [0.4, 0.5) is 0 Å². The number of halogens is 1. The van der Waals surface area contributed by atoms with Crippen molar-refractivity contribution < 1.29 is 10.0 Å². The zero-order valence-corrected chi connectivity index (χ0v) is 7.58. The van der Waals surface area contributed by atoms with E-state index in [1.165, 1.54) is 6.20 Å². The molecule has 66 valence electrons. The third-order valence-electron chi connectivity index (χ3n) is 1.52. The largest absolute Gasteiger partial charge is 0.490 e. The molecule has 0 atom stereocenters. The molecule has 0 saturated heterocycles. The average Bonchev–Trinajstić information content (AvgIpc) is 2.05. The van der Waals surface area contributed by atoms with E-state index >= 15 is 0 Å². The summed E-state index contributed by atoms with van der Waals surface area (Å²) in [5.74, 6) is 0. The first kappa shape index (κ1) is 11.4. The van der Waals surface area contributed by atoms with Crippen LogP contribution in [0.15, 0.2) is 18.5 Å². The quantitative estimate of drug-likeness (QED) is 0.628. The van der Waals surface area contributed by atoms with E-state index in [1.54, 1.807) is 12.3 Å². The van der Waals surface area contributed by atoms with Crippen molar-refractivity contribution in [2.24, 2.45) is 0 Å². The van der Waals surface area contributed by atoms with Crippen LogP contribution in [0.5, 0.6) is 0 Å². The molecule has 0 radical (unpaired) electrons. The van der Waals surface area contributed by atoms with Crippen LogP contribution >= 0.6 is 12.4 Å². The number of pyridine rings is 1. The Labute approximate surface area is 78.0 Å². The van der Waals surface area contributed by atoms with Gasteiger partial charge in [-0.2, -0.15) is 0 Å². The molecule has 0 unspecified atom stereocenters. The van der Waals surface area contributed by atoms with Crippen molar-refractivity contribution in [3.8, 4) is 0 Å². The fraction of sp³-hybridized carbons (Fsp3) is 0.286. The standard InChI is InChI=1S/C7H10BNO2.ClH/c1-2-6-3-7(8(10)11)5-9-4-6;/h3-5,10-11H,2H2,1H3;1H. The Kier molecular flexibility index (Phi) is 4.89. The van der Waals surface area contributed by atoms with Crippen LogP contribution in [-0.4, -0.2) is 22.2 Å². The molecular weight excluding hydrogens is 176 g/mol. The Bertz CT molecular complexity index is 245. The van der Waals surface area contributed by atoms with E-state index in [2.05, 4.69) is 4.98 Å². The number of aromatic nitrogens is 1. The molecule has 1 heterocycles. The van der Waals surface area contributed by atoms with Crippen molar-refractivity contribution in [3.05, 3.63) is 24.0 Å². The van der Waals surface area contributed by atoms with Gasteiger partial charge in [-0.25, -0.2) is 0 Å². The molecule has 3 nitrogen and oxygen atoms in total. The summed E-state index contributed by atoms with van der Waals surface area (Å²) in [6.07, 6.45) is 4.02. The highest BCUT2D eigenvalue weighted by atomic mass is 35.5. The lowest BCUT2D eigenvalue weighted by Gasteiger charge is -1.99. The maximum absolute atomic E-state index is 8.76. The summed E-state index contributed by atoms with van der Waals surface area (Å²) in [5.41, 5.74) is 1.46. The molecule has 0 aliphatic rings. The van der Waals surface area contributed by atoms with Crippen LogP contribution in [0, 0.1) is 0 Å². The second-order valence-corrected chi connectivity index (χ2v) is 2.35. The van der Waals surface area contributed by atoms with Crippen LogP contribution in [-0.2, 0) is 6.42 Å². The smallest absolute Gasteiger partial charge is 0.423 e. The average molecular weight is 187 g/mol. The van der Waals surface area contributed by atoms with E-state index in [9.17, 15) is 0 Å². The van der Waals surface area contributed by atoms with Gasteiger partial charge >= 0.3 is 7.12 Å². The van der Waals surface area contributed by atoms with Crippen LogP contribution in [0.3, 0.4) is 0 Å². The topological polar surface area (TPSA) is 53.4 Å². The predicted molar refractivity (Wildman–Crippen MR) is 50.7 cm³/mol. The molecule has 0 aliphatic heterocycles. The van der Waals surface area contributed by atoms with Crippen molar-refractivity contribution in [2.45, 2.75) is 13.3 Å². The molecule has 0 amide bonds. The van der Waals surface area contributed by atoms with Gasteiger partial charge in [0.25, 0.3) is 0 Å². The van der Waals surface area contributed by atoms with E-state index in [-0.39, 0.29) is 12.4 Å². The molecule has 0 spiro atoms. The number of aryl methyl sites for hydroxylation is 1. The lowest BCUT2D eigenvalue weighted by Crippen LogP contribution is -2.30. The van der Waals surface area contributed by atoms with Crippen LogP contribution in [0.25, 0.3) is 0 Å². The number of rotatable bonds is 2. The SMILES string of the molecule is CCc1cncc(B(O)O)c1.Cl. The maximum atomic E-state index is 8.76. The molecule has 0 bridgehead atoms. The van der Waals surface area contributed by atoms with Crippen molar-refractivity contribution in [3.63, 3.8) is 0 Å². The van der Waals surface area contributed by atoms with Gasteiger partial charge in [-0.1, -0.05) is 13.0 Å². The van der Waals surface area contributed by atoms with Crippen molar-refractivity contribution in [1.29, 1.82) is 0 Å². The highest BCUT2D eigenvalue weighted by molar-refractivity contribution is 6.58. The Morgan fingerprint density at radius 2 is 2.08 bits per heavy atom. The Morgan fingerprint density at radius 1 is 1.42 bits per heavy atom. The fourth-order valence-electron chi connectivity index (χ4n) is 0.842. The minimum absolute atomic E-state index is 0. The molecule has 2 N–H and O–H groups in total. The van der Waals surface area contributed by atoms with Gasteiger partial charge in [-0.3, -0.25) is 4.98 Å². The van der Waals surface area contributed by atoms with E-state index in [0.717, 1.165) is 12.0 Å².